The lowest BCUT2D eigenvalue weighted by atomic mass is 9.89. The smallest absolute Gasteiger partial charge is 0.412 e. The molecule has 8 N–H and O–H groups in total. The van der Waals surface area contributed by atoms with E-state index < -0.39 is 59.8 Å². The first-order valence-electron chi connectivity index (χ1n) is 24.1. The SMILES string of the molecule is CC(C)[C@H](NC(=O)CCCCCC(=O)ON1C(=O)CCC1=O)C(=O)C[C@@H](CCCNC(N)=O)C(=O)Nc1ccc(COC(=O)Nc2ccccc2NC(=O)c2ccc(CNC(=O)OCc3cccnc3)cc2)cc1. The zero-order valence-corrected chi connectivity index (χ0v) is 41.1. The van der Waals surface area contributed by atoms with Gasteiger partial charge in [-0.1, -0.05) is 62.7 Å². The number of imide groups is 1. The predicted molar refractivity (Wildman–Crippen MR) is 268 cm³/mol. The molecule has 0 aliphatic carbocycles. The Hall–Kier alpha value is -8.69. The third-order valence-electron chi connectivity index (χ3n) is 11.4. The summed E-state index contributed by atoms with van der Waals surface area (Å²) in [6.45, 7) is 3.80. The molecule has 0 unspecified atom stereocenters. The van der Waals surface area contributed by atoms with E-state index in [1.807, 2.05) is 0 Å². The Balaban J connectivity index is 1.06. The molecule has 0 bridgehead atoms. The van der Waals surface area contributed by atoms with Gasteiger partial charge in [-0.25, -0.2) is 19.2 Å². The molecule has 1 aromatic heterocycles. The van der Waals surface area contributed by atoms with Gasteiger partial charge in [0, 0.05) is 80.3 Å². The molecule has 1 fully saturated rings. The third kappa shape index (κ3) is 19.1. The lowest BCUT2D eigenvalue weighted by Gasteiger charge is -2.24. The topological polar surface area (TPSA) is 313 Å². The average Bonchev–Trinajstić information content (AvgIpc) is 3.70. The zero-order valence-electron chi connectivity index (χ0n) is 41.1. The molecule has 1 aliphatic heterocycles. The molecule has 74 heavy (non-hydrogen) atoms. The fourth-order valence-corrected chi connectivity index (χ4v) is 7.41. The summed E-state index contributed by atoms with van der Waals surface area (Å²) in [6.07, 6.45) is 3.32. The molecule has 9 amide bonds. The van der Waals surface area contributed by atoms with E-state index in [1.54, 1.807) is 111 Å². The maximum absolute atomic E-state index is 13.7. The van der Waals surface area contributed by atoms with Crippen LogP contribution < -0.4 is 37.6 Å². The number of pyridine rings is 1. The van der Waals surface area contributed by atoms with Crippen LogP contribution in [0.1, 0.15) is 105 Å². The van der Waals surface area contributed by atoms with Gasteiger partial charge in [-0.05, 0) is 85.2 Å². The van der Waals surface area contributed by atoms with E-state index in [0.29, 0.717) is 53.2 Å². The van der Waals surface area contributed by atoms with Crippen molar-refractivity contribution in [1.82, 2.24) is 26.0 Å². The van der Waals surface area contributed by atoms with Crippen LogP contribution in [-0.4, -0.2) is 82.1 Å². The van der Waals surface area contributed by atoms with Gasteiger partial charge in [0.25, 0.3) is 17.7 Å². The van der Waals surface area contributed by atoms with Crippen molar-refractivity contribution in [2.24, 2.45) is 17.6 Å². The number of benzene rings is 3. The lowest BCUT2D eigenvalue weighted by Crippen LogP contribution is -2.45. The number of urea groups is 1. The molecule has 3 aromatic carbocycles. The summed E-state index contributed by atoms with van der Waals surface area (Å²) in [5.74, 6) is -4.71. The van der Waals surface area contributed by atoms with E-state index in [1.165, 1.54) is 0 Å². The van der Waals surface area contributed by atoms with Crippen molar-refractivity contribution in [2.75, 3.05) is 22.5 Å². The van der Waals surface area contributed by atoms with Crippen LogP contribution in [0, 0.1) is 11.8 Å². The van der Waals surface area contributed by atoms with E-state index in [0.717, 1.165) is 11.1 Å². The van der Waals surface area contributed by atoms with E-state index >= 15 is 0 Å². The Morgan fingerprint density at radius 3 is 2.00 bits per heavy atom. The molecule has 0 saturated carbocycles. The molecule has 22 heteroatoms. The molecule has 392 valence electrons. The highest BCUT2D eigenvalue weighted by Gasteiger charge is 2.33. The fourth-order valence-electron chi connectivity index (χ4n) is 7.41. The quantitative estimate of drug-likeness (QED) is 0.0260. The van der Waals surface area contributed by atoms with Crippen LogP contribution in [0.15, 0.2) is 97.3 Å². The third-order valence-corrected chi connectivity index (χ3v) is 11.4. The molecule has 5 rings (SSSR count). The molecule has 1 aliphatic rings. The van der Waals surface area contributed by atoms with E-state index in [4.69, 9.17) is 20.0 Å². The van der Waals surface area contributed by atoms with Crippen molar-refractivity contribution in [3.05, 3.63) is 120 Å². The minimum absolute atomic E-state index is 0.00811. The predicted octanol–water partition coefficient (Wildman–Crippen LogP) is 6.17. The van der Waals surface area contributed by atoms with Crippen molar-refractivity contribution >= 4 is 76.6 Å². The molecule has 0 radical (unpaired) electrons. The highest BCUT2D eigenvalue weighted by Crippen LogP contribution is 2.24. The molecule has 1 saturated heterocycles. The summed E-state index contributed by atoms with van der Waals surface area (Å²) in [4.78, 5) is 134. The van der Waals surface area contributed by atoms with Crippen LogP contribution in [-0.2, 0) is 62.8 Å². The number of amides is 9. The van der Waals surface area contributed by atoms with Gasteiger partial charge in [-0.3, -0.25) is 39.1 Å². The Morgan fingerprint density at radius 2 is 1.34 bits per heavy atom. The number of hydrogen-bond acceptors (Lipinski definition) is 14. The van der Waals surface area contributed by atoms with E-state index in [2.05, 4.69) is 36.9 Å². The Morgan fingerprint density at radius 1 is 0.689 bits per heavy atom. The number of carbonyl (C=O) groups is 10. The summed E-state index contributed by atoms with van der Waals surface area (Å²) < 4.78 is 10.6. The first-order chi connectivity index (χ1) is 35.5. The highest BCUT2D eigenvalue weighted by atomic mass is 16.7. The number of ketones is 1. The minimum Gasteiger partial charge on any atom is -0.445 e. The number of rotatable bonds is 27. The number of nitrogens with zero attached hydrogens (tertiary/aromatic N) is 2. The Labute approximate surface area is 427 Å². The number of ether oxygens (including phenoxy) is 2. The minimum atomic E-state index is -0.903. The van der Waals surface area contributed by atoms with Crippen LogP contribution in [0.4, 0.5) is 31.4 Å². The number of Topliss-reactive ketones (excluding diaryl/α,β-unsaturated/α-hetero) is 1. The van der Waals surface area contributed by atoms with Crippen LogP contribution >= 0.6 is 0 Å². The van der Waals surface area contributed by atoms with Gasteiger partial charge in [0.15, 0.2) is 5.78 Å². The summed E-state index contributed by atoms with van der Waals surface area (Å²) >= 11 is 0. The number of nitrogens with one attached hydrogen (secondary N) is 6. The van der Waals surface area contributed by atoms with Gasteiger partial charge in [0.2, 0.25) is 11.8 Å². The maximum atomic E-state index is 13.7. The van der Waals surface area contributed by atoms with Gasteiger partial charge in [-0.15, -0.1) is 5.06 Å². The van der Waals surface area contributed by atoms with Gasteiger partial charge < -0.3 is 46.6 Å². The normalized spacial score (nSPS) is 12.7. The highest BCUT2D eigenvalue weighted by molar-refractivity contribution is 6.07. The van der Waals surface area contributed by atoms with Gasteiger partial charge >= 0.3 is 24.2 Å². The number of carbonyl (C=O) groups excluding carboxylic acids is 10. The molecule has 2 heterocycles. The molecule has 22 nitrogen and oxygen atoms in total. The number of para-hydroxylation sites is 2. The van der Waals surface area contributed by atoms with Crippen molar-refractivity contribution in [3.63, 3.8) is 0 Å². The van der Waals surface area contributed by atoms with E-state index in [-0.39, 0.29) is 88.1 Å². The molecule has 2 atom stereocenters. The van der Waals surface area contributed by atoms with Crippen molar-refractivity contribution in [1.29, 1.82) is 0 Å². The summed E-state index contributed by atoms with van der Waals surface area (Å²) in [6, 6.07) is 21.5. The number of aromatic nitrogens is 1. The van der Waals surface area contributed by atoms with Crippen molar-refractivity contribution in [3.8, 4) is 0 Å². The fraction of sp³-hybridized carbons (Fsp3) is 0.365. The zero-order chi connectivity index (χ0) is 53.4. The van der Waals surface area contributed by atoms with Crippen molar-refractivity contribution in [2.45, 2.75) is 104 Å². The van der Waals surface area contributed by atoms with Crippen LogP contribution in [0.3, 0.4) is 0 Å². The van der Waals surface area contributed by atoms with Gasteiger partial charge in [0.1, 0.15) is 13.2 Å². The van der Waals surface area contributed by atoms with E-state index in [9.17, 15) is 47.9 Å². The summed E-state index contributed by atoms with van der Waals surface area (Å²) in [5, 5.41) is 16.6. The maximum Gasteiger partial charge on any atom is 0.412 e. The number of hydroxylamine groups is 2. The average molecular weight is 1020 g/mol. The second kappa shape index (κ2) is 29.0. The Bertz CT molecular complexity index is 2600. The Kier molecular flexibility index (Phi) is 22.0. The number of primary amides is 1. The number of unbranched alkanes of at least 4 members (excludes halogenated alkanes) is 2. The lowest BCUT2D eigenvalue weighted by molar-refractivity contribution is -0.197. The largest absolute Gasteiger partial charge is 0.445 e. The second-order valence-electron chi connectivity index (χ2n) is 17.6. The first-order valence-corrected chi connectivity index (χ1v) is 24.1. The molecular formula is C52H61N9O13. The first kappa shape index (κ1) is 56.2. The summed E-state index contributed by atoms with van der Waals surface area (Å²) in [7, 11) is 0. The monoisotopic (exact) mass is 1020 g/mol. The number of alkyl carbamates (subject to hydrolysis) is 1. The van der Waals surface area contributed by atoms with Crippen LogP contribution in [0.25, 0.3) is 0 Å². The number of anilines is 3. The second-order valence-corrected chi connectivity index (χ2v) is 17.6. The molecule has 0 spiro atoms. The molecule has 4 aromatic rings. The van der Waals surface area contributed by atoms with Crippen LogP contribution in [0.5, 0.6) is 0 Å². The van der Waals surface area contributed by atoms with Crippen molar-refractivity contribution < 1.29 is 62.3 Å². The summed E-state index contributed by atoms with van der Waals surface area (Å²) in [5.41, 5.74) is 8.57. The number of nitrogens with two attached hydrogens (primary N) is 1. The number of hydrogen-bond donors (Lipinski definition) is 7. The molecular weight excluding hydrogens is 959 g/mol. The van der Waals surface area contributed by atoms with Gasteiger partial charge in [0.05, 0.1) is 17.4 Å². The van der Waals surface area contributed by atoms with Gasteiger partial charge in [-0.2, -0.15) is 0 Å². The van der Waals surface area contributed by atoms with Crippen LogP contribution in [0.2, 0.25) is 0 Å². The standard InChI is InChI=1S/C52H61N9O13/c1-33(2)47(60-43(63)14-4-3-5-15-46(66)74-61-44(64)24-25-45(61)65)42(62)28-38(11-9-27-55-50(53)69)49(68)57-39-22-18-35(19-23-39)31-73-52(71)59-41-13-7-6-12-40(41)58-48(67)37-20-16-34(17-21-37)30-56-51(70)72-32-36-10-8-26-54-29-36/h6-8,10,12-13,16-23,26,29,33,38,47H,3-5,9,11,14-15,24-25,27-28,30-32H2,1-2H3,(H,56,70)(H,57,68)(H,58,67)(H,59,71)(H,60,63)(H3,53,55,69)/t38-,47+/m1/s1.